The molecule has 4 aromatic rings. The number of hydrogen-bond donors (Lipinski definition) is 1. The third-order valence-corrected chi connectivity index (χ3v) is 7.94. The molecule has 0 aliphatic carbocycles. The van der Waals surface area contributed by atoms with Gasteiger partial charge in [0.25, 0.3) is 0 Å². The average Bonchev–Trinajstić information content (AvgIpc) is 3.40. The molecule has 0 bridgehead atoms. The van der Waals surface area contributed by atoms with Crippen LogP contribution in [0.3, 0.4) is 0 Å². The molecule has 0 radical (unpaired) electrons. The van der Waals surface area contributed by atoms with Crippen LogP contribution < -0.4 is 9.80 Å². The molecule has 0 spiro atoms. The van der Waals surface area contributed by atoms with Crippen LogP contribution in [0.4, 0.5) is 16.2 Å². The number of methoxy groups -OCH3 is 1. The molecule has 202 valence electrons. The number of halogens is 2. The van der Waals surface area contributed by atoms with Gasteiger partial charge in [0, 0.05) is 74.2 Å². The summed E-state index contributed by atoms with van der Waals surface area (Å²) >= 11 is 6.84. The number of aromatic nitrogens is 4. The number of benzene rings is 2. The standard InChI is InChI=1S/C28H29ClFN7O2/c1-4-22(38)35-7-9-36(10-8-35)27-18-11-20(29)24(23-16(2)5-6-21-19(23)12-31-34-21)25(30)26(18)32-28(33-27)37-13-17(14-37)15-39-3/h4-6,11-12,17H,1,7-10,13-15H2,2-3H3,(H,31,34). The highest BCUT2D eigenvalue weighted by molar-refractivity contribution is 6.35. The Morgan fingerprint density at radius 1 is 1.18 bits per heavy atom. The Balaban J connectivity index is 1.49. The lowest BCUT2D eigenvalue weighted by Crippen LogP contribution is -2.50. The topological polar surface area (TPSA) is 90.5 Å². The van der Waals surface area contributed by atoms with Gasteiger partial charge in [0.05, 0.1) is 23.3 Å². The molecule has 2 aromatic heterocycles. The first-order valence-electron chi connectivity index (χ1n) is 12.9. The van der Waals surface area contributed by atoms with Crippen molar-refractivity contribution in [1.29, 1.82) is 0 Å². The van der Waals surface area contributed by atoms with Gasteiger partial charge in [-0.2, -0.15) is 10.1 Å². The molecule has 11 heteroatoms. The highest BCUT2D eigenvalue weighted by Gasteiger charge is 2.32. The molecule has 2 aliphatic rings. The van der Waals surface area contributed by atoms with Gasteiger partial charge in [-0.3, -0.25) is 9.89 Å². The van der Waals surface area contributed by atoms with E-state index in [4.69, 9.17) is 26.3 Å². The molecule has 0 atom stereocenters. The van der Waals surface area contributed by atoms with E-state index in [1.54, 1.807) is 24.3 Å². The van der Waals surface area contributed by atoms with Crippen molar-refractivity contribution in [3.05, 3.63) is 53.5 Å². The van der Waals surface area contributed by atoms with Gasteiger partial charge in [0.2, 0.25) is 11.9 Å². The number of anilines is 2. The molecule has 1 N–H and O–H groups in total. The number of H-pyrrole nitrogens is 1. The molecule has 6 rings (SSSR count). The van der Waals surface area contributed by atoms with Gasteiger partial charge in [-0.1, -0.05) is 24.2 Å². The predicted molar refractivity (Wildman–Crippen MR) is 151 cm³/mol. The number of piperazine rings is 1. The van der Waals surface area contributed by atoms with Gasteiger partial charge in [0.15, 0.2) is 5.82 Å². The van der Waals surface area contributed by atoms with Crippen molar-refractivity contribution < 1.29 is 13.9 Å². The molecule has 0 unspecified atom stereocenters. The van der Waals surface area contributed by atoms with Crippen LogP contribution in [0.5, 0.6) is 0 Å². The molecule has 2 fully saturated rings. The normalized spacial score (nSPS) is 16.3. The summed E-state index contributed by atoms with van der Waals surface area (Å²) in [6, 6.07) is 5.61. The number of carbonyl (C=O) groups excluding carboxylic acids is 1. The molecule has 39 heavy (non-hydrogen) atoms. The number of amides is 1. The van der Waals surface area contributed by atoms with E-state index < -0.39 is 5.82 Å². The van der Waals surface area contributed by atoms with E-state index in [2.05, 4.69) is 21.7 Å². The monoisotopic (exact) mass is 549 g/mol. The second-order valence-corrected chi connectivity index (χ2v) is 10.5. The molecule has 0 saturated carbocycles. The SMILES string of the molecule is C=CC(=O)N1CCN(c2nc(N3CC(COC)C3)nc3c(F)c(-c4c(C)ccc5[nH]ncc45)c(Cl)cc23)CC1. The van der Waals surface area contributed by atoms with Crippen LogP contribution in [0, 0.1) is 18.7 Å². The molecule has 2 saturated heterocycles. The van der Waals surface area contributed by atoms with E-state index >= 15 is 4.39 Å². The highest BCUT2D eigenvalue weighted by atomic mass is 35.5. The number of ether oxygens (including phenoxy) is 1. The number of rotatable bonds is 6. The van der Waals surface area contributed by atoms with Crippen molar-refractivity contribution in [2.75, 3.05) is 62.8 Å². The summed E-state index contributed by atoms with van der Waals surface area (Å²) in [5.41, 5.74) is 2.88. The number of fused-ring (bicyclic) bond motifs is 2. The maximum absolute atomic E-state index is 16.6. The van der Waals surface area contributed by atoms with Gasteiger partial charge >= 0.3 is 0 Å². The lowest BCUT2D eigenvalue weighted by molar-refractivity contribution is -0.126. The van der Waals surface area contributed by atoms with Crippen LogP contribution in [0.15, 0.2) is 37.1 Å². The van der Waals surface area contributed by atoms with Crippen molar-refractivity contribution in [1.82, 2.24) is 25.1 Å². The Kier molecular flexibility index (Phi) is 6.60. The molecule has 9 nitrogen and oxygen atoms in total. The maximum Gasteiger partial charge on any atom is 0.246 e. The van der Waals surface area contributed by atoms with Crippen molar-refractivity contribution in [3.8, 4) is 11.1 Å². The first kappa shape index (κ1) is 25.5. The Labute approximate surface area is 230 Å². The third-order valence-electron chi connectivity index (χ3n) is 7.64. The van der Waals surface area contributed by atoms with Crippen molar-refractivity contribution in [3.63, 3.8) is 0 Å². The van der Waals surface area contributed by atoms with Crippen LogP contribution >= 0.6 is 11.6 Å². The molecule has 4 heterocycles. The average molecular weight is 550 g/mol. The number of nitrogens with one attached hydrogen (secondary N) is 1. The van der Waals surface area contributed by atoms with Crippen LogP contribution in [0.25, 0.3) is 32.9 Å². The van der Waals surface area contributed by atoms with Gasteiger partial charge < -0.3 is 19.4 Å². The van der Waals surface area contributed by atoms with Gasteiger partial charge in [-0.05, 0) is 30.7 Å². The fourth-order valence-corrected chi connectivity index (χ4v) is 5.87. The van der Waals surface area contributed by atoms with Crippen LogP contribution in [0.1, 0.15) is 5.56 Å². The summed E-state index contributed by atoms with van der Waals surface area (Å²) < 4.78 is 21.9. The van der Waals surface area contributed by atoms with E-state index in [1.165, 1.54) is 6.08 Å². The molecular weight excluding hydrogens is 521 g/mol. The second-order valence-electron chi connectivity index (χ2n) is 10.1. The maximum atomic E-state index is 16.6. The summed E-state index contributed by atoms with van der Waals surface area (Å²) in [6.45, 7) is 9.76. The molecular formula is C28H29ClFN7O2. The summed E-state index contributed by atoms with van der Waals surface area (Å²) in [7, 11) is 1.69. The predicted octanol–water partition coefficient (Wildman–Crippen LogP) is 4.19. The summed E-state index contributed by atoms with van der Waals surface area (Å²) in [5.74, 6) is 0.864. The minimum absolute atomic E-state index is 0.102. The fourth-order valence-electron chi connectivity index (χ4n) is 5.58. The van der Waals surface area contributed by atoms with E-state index in [0.717, 1.165) is 29.6 Å². The second kappa shape index (κ2) is 10.1. The highest BCUT2D eigenvalue weighted by Crippen LogP contribution is 2.42. The minimum atomic E-state index is -0.492. The Morgan fingerprint density at radius 2 is 1.95 bits per heavy atom. The van der Waals surface area contributed by atoms with Crippen LogP contribution in [-0.4, -0.2) is 84.0 Å². The first-order chi connectivity index (χ1) is 18.9. The fraction of sp³-hybridized carbons (Fsp3) is 0.357. The number of aryl methyl sites for hydroxylation is 1. The summed E-state index contributed by atoms with van der Waals surface area (Å²) in [6.07, 6.45) is 3.02. The van der Waals surface area contributed by atoms with E-state index in [0.29, 0.717) is 67.0 Å². The number of nitrogens with zero attached hydrogens (tertiary/aromatic N) is 6. The lowest BCUT2D eigenvalue weighted by Gasteiger charge is -2.40. The summed E-state index contributed by atoms with van der Waals surface area (Å²) in [5, 5.41) is 8.72. The van der Waals surface area contributed by atoms with E-state index in [1.807, 2.05) is 24.0 Å². The largest absolute Gasteiger partial charge is 0.384 e. The van der Waals surface area contributed by atoms with Crippen LogP contribution in [0.2, 0.25) is 5.02 Å². The molecule has 2 aliphatic heterocycles. The van der Waals surface area contributed by atoms with Gasteiger partial charge in [0.1, 0.15) is 11.3 Å². The summed E-state index contributed by atoms with van der Waals surface area (Å²) in [4.78, 5) is 27.6. The smallest absolute Gasteiger partial charge is 0.246 e. The van der Waals surface area contributed by atoms with Crippen molar-refractivity contribution in [2.24, 2.45) is 5.92 Å². The van der Waals surface area contributed by atoms with Gasteiger partial charge in [-0.25, -0.2) is 9.37 Å². The minimum Gasteiger partial charge on any atom is -0.384 e. The number of aromatic amines is 1. The zero-order valence-electron chi connectivity index (χ0n) is 21.9. The van der Waals surface area contributed by atoms with Crippen molar-refractivity contribution in [2.45, 2.75) is 6.92 Å². The molecule has 1 amide bonds. The van der Waals surface area contributed by atoms with E-state index in [9.17, 15) is 4.79 Å². The Hall–Kier alpha value is -3.76. The zero-order chi connectivity index (χ0) is 27.3. The van der Waals surface area contributed by atoms with Crippen molar-refractivity contribution >= 4 is 51.1 Å². The third kappa shape index (κ3) is 4.37. The van der Waals surface area contributed by atoms with Gasteiger partial charge in [-0.15, -0.1) is 0 Å². The number of hydrogen-bond acceptors (Lipinski definition) is 7. The molecule has 2 aromatic carbocycles. The zero-order valence-corrected chi connectivity index (χ0v) is 22.6. The number of carbonyl (C=O) groups is 1. The first-order valence-corrected chi connectivity index (χ1v) is 13.3. The Bertz CT molecular complexity index is 1590. The Morgan fingerprint density at radius 3 is 2.67 bits per heavy atom. The van der Waals surface area contributed by atoms with Crippen LogP contribution in [-0.2, 0) is 9.53 Å². The van der Waals surface area contributed by atoms with E-state index in [-0.39, 0.29) is 16.4 Å². The lowest BCUT2D eigenvalue weighted by atomic mass is 9.95. The quantitative estimate of drug-likeness (QED) is 0.361.